The SMILES string of the molecule is O=C(O)CCCCOc1c(Cl)c(Cl)c(O)c(Cl)c1Cl. The van der Waals surface area contributed by atoms with Gasteiger partial charge in [-0.2, -0.15) is 0 Å². The van der Waals surface area contributed by atoms with Crippen molar-refractivity contribution < 1.29 is 19.7 Å². The maximum atomic E-state index is 10.3. The molecular weight excluding hydrogens is 338 g/mol. The zero-order valence-electron chi connectivity index (χ0n) is 9.55. The maximum absolute atomic E-state index is 10.3. The van der Waals surface area contributed by atoms with Crippen LogP contribution in [0.3, 0.4) is 0 Å². The van der Waals surface area contributed by atoms with E-state index in [1.807, 2.05) is 0 Å². The molecule has 1 rings (SSSR count). The highest BCUT2D eigenvalue weighted by atomic mass is 35.5. The van der Waals surface area contributed by atoms with E-state index in [0.717, 1.165) is 0 Å². The monoisotopic (exact) mass is 346 g/mol. The molecule has 106 valence electrons. The molecule has 8 heteroatoms. The molecule has 0 heterocycles. The fourth-order valence-electron chi connectivity index (χ4n) is 1.28. The first-order valence-electron chi connectivity index (χ1n) is 5.25. The molecule has 1 aromatic carbocycles. The lowest BCUT2D eigenvalue weighted by Crippen LogP contribution is -2.01. The van der Waals surface area contributed by atoms with Crippen molar-refractivity contribution in [3.8, 4) is 11.5 Å². The molecule has 0 aliphatic heterocycles. The molecule has 0 aromatic heterocycles. The first-order valence-corrected chi connectivity index (χ1v) is 6.77. The molecule has 0 atom stereocenters. The number of hydrogen-bond donors (Lipinski definition) is 2. The van der Waals surface area contributed by atoms with Crippen LogP contribution in [0.2, 0.25) is 20.1 Å². The summed E-state index contributed by atoms with van der Waals surface area (Å²) in [4.78, 5) is 10.3. The second-order valence-corrected chi connectivity index (χ2v) is 5.14. The number of rotatable bonds is 6. The summed E-state index contributed by atoms with van der Waals surface area (Å²) in [6.07, 6.45) is 1.03. The fraction of sp³-hybridized carbons (Fsp3) is 0.364. The van der Waals surface area contributed by atoms with Crippen molar-refractivity contribution in [3.05, 3.63) is 20.1 Å². The lowest BCUT2D eigenvalue weighted by Gasteiger charge is -2.13. The molecule has 0 bridgehead atoms. The Bertz CT molecular complexity index is 461. The van der Waals surface area contributed by atoms with Crippen LogP contribution in [0.15, 0.2) is 0 Å². The molecule has 0 amide bonds. The van der Waals surface area contributed by atoms with Gasteiger partial charge in [-0.25, -0.2) is 0 Å². The highest BCUT2D eigenvalue weighted by Gasteiger charge is 2.21. The van der Waals surface area contributed by atoms with Crippen LogP contribution in [-0.2, 0) is 4.79 Å². The summed E-state index contributed by atoms with van der Waals surface area (Å²) in [5, 5.41) is 17.6. The van der Waals surface area contributed by atoms with Crippen LogP contribution in [0.1, 0.15) is 19.3 Å². The Kier molecular flexibility index (Phi) is 6.33. The number of aliphatic carboxylic acids is 1. The Morgan fingerprint density at radius 2 is 1.53 bits per heavy atom. The van der Waals surface area contributed by atoms with Gasteiger partial charge in [-0.05, 0) is 12.8 Å². The van der Waals surface area contributed by atoms with Crippen LogP contribution in [0.5, 0.6) is 11.5 Å². The van der Waals surface area contributed by atoms with Gasteiger partial charge in [0.2, 0.25) is 0 Å². The summed E-state index contributed by atoms with van der Waals surface area (Å²) in [5.41, 5.74) is 0. The quantitative estimate of drug-likeness (QED) is 0.581. The Morgan fingerprint density at radius 1 is 1.00 bits per heavy atom. The lowest BCUT2D eigenvalue weighted by molar-refractivity contribution is -0.137. The van der Waals surface area contributed by atoms with E-state index >= 15 is 0 Å². The molecule has 0 saturated heterocycles. The van der Waals surface area contributed by atoms with Crippen LogP contribution in [0.25, 0.3) is 0 Å². The zero-order valence-corrected chi connectivity index (χ0v) is 12.6. The number of ether oxygens (including phenoxy) is 1. The molecule has 0 spiro atoms. The van der Waals surface area contributed by atoms with Crippen molar-refractivity contribution in [3.63, 3.8) is 0 Å². The average molecular weight is 348 g/mol. The second-order valence-electron chi connectivity index (χ2n) is 3.63. The topological polar surface area (TPSA) is 66.8 Å². The van der Waals surface area contributed by atoms with Crippen LogP contribution >= 0.6 is 46.4 Å². The average Bonchev–Trinajstić information content (AvgIpc) is 2.37. The minimum atomic E-state index is -0.869. The van der Waals surface area contributed by atoms with Crippen molar-refractivity contribution >= 4 is 52.4 Å². The Balaban J connectivity index is 2.71. The minimum Gasteiger partial charge on any atom is -0.505 e. The second kappa shape index (κ2) is 7.29. The molecule has 4 nitrogen and oxygen atoms in total. The molecule has 0 fully saturated rings. The van der Waals surface area contributed by atoms with Gasteiger partial charge in [0.1, 0.15) is 20.1 Å². The maximum Gasteiger partial charge on any atom is 0.303 e. The highest BCUT2D eigenvalue weighted by Crippen LogP contribution is 2.49. The Hall–Kier alpha value is -0.550. The third-order valence-corrected chi connectivity index (χ3v) is 3.88. The number of carbonyl (C=O) groups is 1. The largest absolute Gasteiger partial charge is 0.505 e. The molecule has 0 aliphatic rings. The van der Waals surface area contributed by atoms with E-state index in [9.17, 15) is 9.90 Å². The predicted octanol–water partition coefficient (Wildman–Crippen LogP) is 4.64. The van der Waals surface area contributed by atoms with Gasteiger partial charge in [0.05, 0.1) is 6.61 Å². The molecular formula is C11H10Cl4O4. The van der Waals surface area contributed by atoms with E-state index in [-0.39, 0.29) is 38.9 Å². The first-order chi connectivity index (χ1) is 8.86. The number of unbranched alkanes of at least 4 members (excludes halogenated alkanes) is 1. The number of phenolic OH excluding ortho intramolecular Hbond substituents is 1. The third-order valence-electron chi connectivity index (χ3n) is 2.23. The van der Waals surface area contributed by atoms with Gasteiger partial charge in [0.15, 0.2) is 11.5 Å². The lowest BCUT2D eigenvalue weighted by atomic mass is 10.2. The van der Waals surface area contributed by atoms with Gasteiger partial charge in [-0.3, -0.25) is 4.79 Å². The molecule has 0 saturated carbocycles. The Labute approximate surface area is 129 Å². The normalized spacial score (nSPS) is 10.5. The van der Waals surface area contributed by atoms with E-state index in [0.29, 0.717) is 12.8 Å². The summed E-state index contributed by atoms with van der Waals surface area (Å²) >= 11 is 23.3. The van der Waals surface area contributed by atoms with E-state index in [2.05, 4.69) is 0 Å². The van der Waals surface area contributed by atoms with E-state index < -0.39 is 11.7 Å². The van der Waals surface area contributed by atoms with Crippen molar-refractivity contribution in [2.75, 3.05) is 6.61 Å². The van der Waals surface area contributed by atoms with Gasteiger partial charge in [0.25, 0.3) is 0 Å². The number of benzene rings is 1. The number of phenols is 1. The molecule has 0 unspecified atom stereocenters. The summed E-state index contributed by atoms with van der Waals surface area (Å²) in [5.74, 6) is -1.20. The van der Waals surface area contributed by atoms with Crippen molar-refractivity contribution in [1.29, 1.82) is 0 Å². The molecule has 0 radical (unpaired) electrons. The smallest absolute Gasteiger partial charge is 0.303 e. The summed E-state index contributed by atoms with van der Waals surface area (Å²) < 4.78 is 5.33. The van der Waals surface area contributed by atoms with Gasteiger partial charge < -0.3 is 14.9 Å². The van der Waals surface area contributed by atoms with Gasteiger partial charge >= 0.3 is 5.97 Å². The van der Waals surface area contributed by atoms with Crippen LogP contribution in [0, 0.1) is 0 Å². The summed E-state index contributed by atoms with van der Waals surface area (Å²) in [7, 11) is 0. The third kappa shape index (κ3) is 4.21. The minimum absolute atomic E-state index is 0.0354. The number of aromatic hydroxyl groups is 1. The number of carboxylic acid groups (broad SMARTS) is 1. The van der Waals surface area contributed by atoms with E-state index in [1.165, 1.54) is 0 Å². The van der Waals surface area contributed by atoms with Crippen molar-refractivity contribution in [2.45, 2.75) is 19.3 Å². The summed E-state index contributed by atoms with van der Waals surface area (Å²) in [6, 6.07) is 0. The predicted molar refractivity (Wildman–Crippen MR) is 75.1 cm³/mol. The Morgan fingerprint density at radius 3 is 2.00 bits per heavy atom. The fourth-order valence-corrected chi connectivity index (χ4v) is 2.21. The van der Waals surface area contributed by atoms with Gasteiger partial charge in [0, 0.05) is 6.42 Å². The standard InChI is InChI=1S/C11H10Cl4O4/c12-6-8(14)11(9(15)7(13)10(6)18)19-4-2-1-3-5(16)17/h18H,1-4H2,(H,16,17). The summed E-state index contributed by atoms with van der Waals surface area (Å²) in [6.45, 7) is 0.212. The first kappa shape index (κ1) is 16.5. The number of halogens is 4. The van der Waals surface area contributed by atoms with E-state index in [4.69, 9.17) is 56.2 Å². The molecule has 19 heavy (non-hydrogen) atoms. The number of hydrogen-bond acceptors (Lipinski definition) is 3. The van der Waals surface area contributed by atoms with Crippen molar-refractivity contribution in [1.82, 2.24) is 0 Å². The van der Waals surface area contributed by atoms with Crippen LogP contribution < -0.4 is 4.74 Å². The van der Waals surface area contributed by atoms with Crippen LogP contribution in [0.4, 0.5) is 0 Å². The van der Waals surface area contributed by atoms with Gasteiger partial charge in [-0.15, -0.1) is 0 Å². The van der Waals surface area contributed by atoms with Crippen LogP contribution in [-0.4, -0.2) is 22.8 Å². The van der Waals surface area contributed by atoms with Gasteiger partial charge in [-0.1, -0.05) is 46.4 Å². The molecule has 0 aliphatic carbocycles. The molecule has 1 aromatic rings. The molecule has 2 N–H and O–H groups in total. The number of carboxylic acids is 1. The van der Waals surface area contributed by atoms with Crippen molar-refractivity contribution in [2.24, 2.45) is 0 Å². The highest BCUT2D eigenvalue weighted by molar-refractivity contribution is 6.50. The van der Waals surface area contributed by atoms with E-state index in [1.54, 1.807) is 0 Å². The zero-order chi connectivity index (χ0) is 14.6.